The van der Waals surface area contributed by atoms with E-state index in [1.165, 1.54) is 6.92 Å². The third kappa shape index (κ3) is 2.22. The van der Waals surface area contributed by atoms with Crippen molar-refractivity contribution in [3.05, 3.63) is 34.0 Å². The van der Waals surface area contributed by atoms with Crippen LogP contribution >= 0.6 is 0 Å². The Balaban J connectivity index is 2.73. The van der Waals surface area contributed by atoms with E-state index in [-0.39, 0.29) is 23.1 Å². The smallest absolute Gasteiger partial charge is 0.292 e. The summed E-state index contributed by atoms with van der Waals surface area (Å²) in [6.45, 7) is 3.44. The highest BCUT2D eigenvalue weighted by atomic mass is 16.6. The maximum Gasteiger partial charge on any atom is 0.333 e. The van der Waals surface area contributed by atoms with Gasteiger partial charge in [-0.05, 0) is 6.92 Å². The fourth-order valence-corrected chi connectivity index (χ4v) is 1.79. The minimum Gasteiger partial charge on any atom is -0.292 e. The number of nitrogens with two attached hydrogens (primary N) is 1. The van der Waals surface area contributed by atoms with E-state index < -0.39 is 4.92 Å². The normalized spacial score (nSPS) is 10.5. The molecule has 0 aliphatic heterocycles. The molecular weight excluding hydrogens is 250 g/mol. The summed E-state index contributed by atoms with van der Waals surface area (Å²) in [5.41, 5.74) is 2.37. The molecule has 9 heteroatoms. The van der Waals surface area contributed by atoms with Crippen molar-refractivity contribution in [3.8, 4) is 5.82 Å². The van der Waals surface area contributed by atoms with Crippen LogP contribution in [0.2, 0.25) is 0 Å². The molecule has 0 unspecified atom stereocenters. The zero-order valence-electron chi connectivity index (χ0n) is 10.5. The van der Waals surface area contributed by atoms with Gasteiger partial charge in [-0.15, -0.1) is 0 Å². The lowest BCUT2D eigenvalue weighted by Crippen LogP contribution is -2.15. The third-order valence-corrected chi connectivity index (χ3v) is 2.61. The highest BCUT2D eigenvalue weighted by molar-refractivity contribution is 5.53. The number of hydrogen-bond acceptors (Lipinski definition) is 7. The summed E-state index contributed by atoms with van der Waals surface area (Å²) in [6.07, 6.45) is 3.81. The Morgan fingerprint density at radius 2 is 2.26 bits per heavy atom. The van der Waals surface area contributed by atoms with Gasteiger partial charge in [0.25, 0.3) is 0 Å². The fourth-order valence-electron chi connectivity index (χ4n) is 1.79. The first-order valence-corrected chi connectivity index (χ1v) is 5.60. The molecule has 0 radical (unpaired) electrons. The van der Waals surface area contributed by atoms with E-state index in [1.54, 1.807) is 17.0 Å². The van der Waals surface area contributed by atoms with Crippen LogP contribution in [0.25, 0.3) is 5.82 Å². The van der Waals surface area contributed by atoms with Gasteiger partial charge >= 0.3 is 5.69 Å². The van der Waals surface area contributed by atoms with E-state index in [0.717, 1.165) is 0 Å². The summed E-state index contributed by atoms with van der Waals surface area (Å²) in [5, 5.41) is 11.2. The van der Waals surface area contributed by atoms with Crippen LogP contribution in [0.15, 0.2) is 12.4 Å². The number of nitro groups is 1. The number of nitrogens with one attached hydrogen (secondary N) is 1. The van der Waals surface area contributed by atoms with Gasteiger partial charge in [0, 0.05) is 18.8 Å². The Hall–Kier alpha value is -2.55. The quantitative estimate of drug-likeness (QED) is 0.473. The first-order chi connectivity index (χ1) is 9.08. The molecule has 2 rings (SSSR count). The molecule has 2 aromatic rings. The van der Waals surface area contributed by atoms with Crippen molar-refractivity contribution in [3.63, 3.8) is 0 Å². The summed E-state index contributed by atoms with van der Waals surface area (Å²) < 4.78 is 1.56. The fraction of sp³-hybridized carbons (Fsp3) is 0.300. The van der Waals surface area contributed by atoms with E-state index in [2.05, 4.69) is 20.4 Å². The Labute approximate surface area is 108 Å². The van der Waals surface area contributed by atoms with E-state index in [4.69, 9.17) is 5.84 Å². The van der Waals surface area contributed by atoms with Gasteiger partial charge in [0.05, 0.1) is 4.92 Å². The standard InChI is InChI=1S/C10H13N7O2/c1-3-7-12-4-5-16(7)9-8(17(18)19)6(2)13-10(14-9)15-11/h4-5H,3,11H2,1-2H3,(H,13,14,15). The maximum absolute atomic E-state index is 11.2. The second kappa shape index (κ2) is 4.98. The molecule has 0 fully saturated rings. The minimum atomic E-state index is -0.510. The van der Waals surface area contributed by atoms with Crippen LogP contribution in [0.5, 0.6) is 0 Å². The van der Waals surface area contributed by atoms with E-state index in [0.29, 0.717) is 12.2 Å². The predicted octanol–water partition coefficient (Wildman–Crippen LogP) is 0.727. The third-order valence-electron chi connectivity index (χ3n) is 2.61. The topological polar surface area (TPSA) is 125 Å². The molecule has 0 aliphatic carbocycles. The minimum absolute atomic E-state index is 0.119. The lowest BCUT2D eigenvalue weighted by molar-refractivity contribution is -0.385. The van der Waals surface area contributed by atoms with Crippen molar-refractivity contribution in [1.29, 1.82) is 0 Å². The number of anilines is 1. The zero-order valence-corrected chi connectivity index (χ0v) is 10.5. The Morgan fingerprint density at radius 3 is 2.84 bits per heavy atom. The van der Waals surface area contributed by atoms with Crippen molar-refractivity contribution in [2.24, 2.45) is 5.84 Å². The molecule has 0 aromatic carbocycles. The van der Waals surface area contributed by atoms with Gasteiger partial charge in [-0.2, -0.15) is 4.98 Å². The molecular formula is C10H13N7O2. The molecule has 19 heavy (non-hydrogen) atoms. The highest BCUT2D eigenvalue weighted by Gasteiger charge is 2.24. The summed E-state index contributed by atoms with van der Waals surface area (Å²) in [7, 11) is 0. The molecule has 0 saturated heterocycles. The van der Waals surface area contributed by atoms with Crippen LogP contribution in [0, 0.1) is 17.0 Å². The van der Waals surface area contributed by atoms with Crippen LogP contribution in [-0.2, 0) is 6.42 Å². The molecule has 2 aromatic heterocycles. The van der Waals surface area contributed by atoms with Gasteiger partial charge in [0.15, 0.2) is 0 Å². The van der Waals surface area contributed by atoms with E-state index >= 15 is 0 Å². The summed E-state index contributed by atoms with van der Waals surface area (Å²) in [5.74, 6) is 6.21. The maximum atomic E-state index is 11.2. The van der Waals surface area contributed by atoms with Gasteiger partial charge in [-0.3, -0.25) is 20.1 Å². The summed E-state index contributed by atoms with van der Waals surface area (Å²) in [4.78, 5) is 22.8. The zero-order chi connectivity index (χ0) is 14.0. The van der Waals surface area contributed by atoms with Crippen LogP contribution in [0.3, 0.4) is 0 Å². The van der Waals surface area contributed by atoms with Gasteiger partial charge in [0.2, 0.25) is 11.8 Å². The van der Waals surface area contributed by atoms with Gasteiger partial charge in [-0.1, -0.05) is 6.92 Å². The molecule has 0 spiro atoms. The second-order valence-electron chi connectivity index (χ2n) is 3.77. The lowest BCUT2D eigenvalue weighted by atomic mass is 10.3. The number of nitrogen functional groups attached to an aromatic ring is 1. The SMILES string of the molecule is CCc1nccn1-c1nc(NN)nc(C)c1[N+](=O)[O-]. The predicted molar refractivity (Wildman–Crippen MR) is 67.7 cm³/mol. The average molecular weight is 263 g/mol. The van der Waals surface area contributed by atoms with Crippen LogP contribution in [-0.4, -0.2) is 24.4 Å². The Kier molecular flexibility index (Phi) is 3.38. The van der Waals surface area contributed by atoms with Crippen LogP contribution in [0.1, 0.15) is 18.4 Å². The van der Waals surface area contributed by atoms with Crippen molar-refractivity contribution < 1.29 is 4.92 Å². The molecule has 0 aliphatic rings. The summed E-state index contributed by atoms with van der Waals surface area (Å²) in [6, 6.07) is 0. The van der Waals surface area contributed by atoms with Crippen molar-refractivity contribution in [2.45, 2.75) is 20.3 Å². The number of rotatable bonds is 4. The molecule has 9 nitrogen and oxygen atoms in total. The first kappa shape index (κ1) is 12.9. The lowest BCUT2D eigenvalue weighted by Gasteiger charge is -2.09. The number of hydrazine groups is 1. The molecule has 2 heterocycles. The largest absolute Gasteiger partial charge is 0.333 e. The molecule has 0 atom stereocenters. The molecule has 3 N–H and O–H groups in total. The molecule has 0 bridgehead atoms. The number of nitrogens with zero attached hydrogens (tertiary/aromatic N) is 5. The van der Waals surface area contributed by atoms with Gasteiger partial charge in [-0.25, -0.2) is 15.8 Å². The highest BCUT2D eigenvalue weighted by Crippen LogP contribution is 2.26. The van der Waals surface area contributed by atoms with Gasteiger partial charge < -0.3 is 0 Å². The summed E-state index contributed by atoms with van der Waals surface area (Å²) >= 11 is 0. The number of aryl methyl sites for hydroxylation is 2. The molecule has 100 valence electrons. The van der Waals surface area contributed by atoms with Crippen LogP contribution < -0.4 is 11.3 Å². The van der Waals surface area contributed by atoms with Crippen molar-refractivity contribution in [1.82, 2.24) is 19.5 Å². The molecule has 0 saturated carbocycles. The number of hydrogen-bond donors (Lipinski definition) is 2. The second-order valence-corrected chi connectivity index (χ2v) is 3.77. The monoisotopic (exact) mass is 263 g/mol. The van der Waals surface area contributed by atoms with Crippen LogP contribution in [0.4, 0.5) is 11.6 Å². The van der Waals surface area contributed by atoms with Gasteiger partial charge in [0.1, 0.15) is 11.5 Å². The van der Waals surface area contributed by atoms with E-state index in [9.17, 15) is 10.1 Å². The average Bonchev–Trinajstić information content (AvgIpc) is 2.85. The Morgan fingerprint density at radius 1 is 1.53 bits per heavy atom. The number of imidazole rings is 1. The van der Waals surface area contributed by atoms with Crippen molar-refractivity contribution in [2.75, 3.05) is 5.43 Å². The van der Waals surface area contributed by atoms with E-state index in [1.807, 2.05) is 6.92 Å². The first-order valence-electron chi connectivity index (χ1n) is 5.60. The molecule has 0 amide bonds. The Bertz CT molecular complexity index is 622. The van der Waals surface area contributed by atoms with Crippen molar-refractivity contribution >= 4 is 11.6 Å². The number of aromatic nitrogens is 4.